The Morgan fingerprint density at radius 3 is 2.54 bits per heavy atom. The molecule has 72 valence electrons. The Bertz CT molecular complexity index is 310. The zero-order chi connectivity index (χ0) is 10.0. The molecule has 1 nitrogen and oxygen atoms in total. The Balaban J connectivity index is 3.01. The molecule has 0 saturated carbocycles. The number of benzene rings is 1. The lowest BCUT2D eigenvalue weighted by molar-refractivity contribution is 0.231. The largest absolute Gasteiger partial charge is 0.488 e. The van der Waals surface area contributed by atoms with Gasteiger partial charge in [0.1, 0.15) is 0 Å². The standard InChI is InChI=1S/C10H12BrFO/c1-6(2)13-10-4-7(3)8(11)5-9(10)12/h4-6H,1-3H3. The van der Waals surface area contributed by atoms with Crippen LogP contribution in [0, 0.1) is 12.7 Å². The predicted molar refractivity (Wildman–Crippen MR) is 54.6 cm³/mol. The molecule has 0 aliphatic heterocycles. The van der Waals surface area contributed by atoms with Crippen molar-refractivity contribution in [2.45, 2.75) is 26.9 Å². The number of rotatable bonds is 2. The SMILES string of the molecule is Cc1cc(OC(C)C)c(F)cc1Br. The fraction of sp³-hybridized carbons (Fsp3) is 0.400. The Morgan fingerprint density at radius 2 is 2.00 bits per heavy atom. The summed E-state index contributed by atoms with van der Waals surface area (Å²) in [6.07, 6.45) is -0.00456. The summed E-state index contributed by atoms with van der Waals surface area (Å²) in [5.74, 6) is -0.0122. The number of aryl methyl sites for hydroxylation is 1. The Labute approximate surface area is 86.0 Å². The van der Waals surface area contributed by atoms with Crippen LogP contribution in [0.3, 0.4) is 0 Å². The monoisotopic (exact) mass is 246 g/mol. The molecule has 0 amide bonds. The average molecular weight is 247 g/mol. The van der Waals surface area contributed by atoms with Gasteiger partial charge in [-0.05, 0) is 38.5 Å². The van der Waals surface area contributed by atoms with E-state index in [0.29, 0.717) is 5.75 Å². The highest BCUT2D eigenvalue weighted by molar-refractivity contribution is 9.10. The van der Waals surface area contributed by atoms with E-state index < -0.39 is 0 Å². The lowest BCUT2D eigenvalue weighted by Crippen LogP contribution is -2.07. The van der Waals surface area contributed by atoms with Crippen molar-refractivity contribution in [2.24, 2.45) is 0 Å². The minimum Gasteiger partial charge on any atom is -0.488 e. The van der Waals surface area contributed by atoms with E-state index in [1.807, 2.05) is 20.8 Å². The lowest BCUT2D eigenvalue weighted by Gasteiger charge is -2.11. The molecule has 0 N–H and O–H groups in total. The maximum atomic E-state index is 13.2. The molecule has 0 saturated heterocycles. The number of halogens is 2. The van der Waals surface area contributed by atoms with E-state index in [1.54, 1.807) is 6.07 Å². The van der Waals surface area contributed by atoms with Gasteiger partial charge in [-0.1, -0.05) is 15.9 Å². The van der Waals surface area contributed by atoms with Gasteiger partial charge in [-0.15, -0.1) is 0 Å². The fourth-order valence-corrected chi connectivity index (χ4v) is 1.29. The predicted octanol–water partition coefficient (Wildman–Crippen LogP) is 3.68. The van der Waals surface area contributed by atoms with Crippen LogP contribution in [-0.4, -0.2) is 6.10 Å². The summed E-state index contributed by atoms with van der Waals surface area (Å²) in [5.41, 5.74) is 0.969. The molecule has 0 atom stereocenters. The van der Waals surface area contributed by atoms with Crippen molar-refractivity contribution < 1.29 is 9.13 Å². The second-order valence-corrected chi connectivity index (χ2v) is 4.05. The summed E-state index contributed by atoms with van der Waals surface area (Å²) in [7, 11) is 0. The minimum atomic E-state index is -0.328. The molecule has 1 aromatic rings. The Morgan fingerprint density at radius 1 is 1.38 bits per heavy atom. The second-order valence-electron chi connectivity index (χ2n) is 3.20. The van der Waals surface area contributed by atoms with Gasteiger partial charge in [0.05, 0.1) is 6.10 Å². The third-order valence-corrected chi connectivity index (χ3v) is 2.43. The summed E-state index contributed by atoms with van der Waals surface area (Å²) >= 11 is 3.25. The van der Waals surface area contributed by atoms with Crippen LogP contribution in [0.4, 0.5) is 4.39 Å². The fourth-order valence-electron chi connectivity index (χ4n) is 0.975. The lowest BCUT2D eigenvalue weighted by atomic mass is 10.2. The normalized spacial score (nSPS) is 10.6. The smallest absolute Gasteiger partial charge is 0.166 e. The number of ether oxygens (including phenoxy) is 1. The van der Waals surface area contributed by atoms with Gasteiger partial charge in [-0.25, -0.2) is 4.39 Å². The van der Waals surface area contributed by atoms with Crippen molar-refractivity contribution in [1.29, 1.82) is 0 Å². The summed E-state index contributed by atoms with van der Waals surface area (Å²) in [5, 5.41) is 0. The second kappa shape index (κ2) is 4.09. The zero-order valence-corrected chi connectivity index (χ0v) is 9.48. The van der Waals surface area contributed by atoms with E-state index in [1.165, 1.54) is 6.07 Å². The van der Waals surface area contributed by atoms with Gasteiger partial charge in [0.15, 0.2) is 11.6 Å². The first-order chi connectivity index (χ1) is 6.00. The van der Waals surface area contributed by atoms with Crippen molar-refractivity contribution in [3.63, 3.8) is 0 Å². The molecule has 3 heteroatoms. The van der Waals surface area contributed by atoms with Gasteiger partial charge >= 0.3 is 0 Å². The molecule has 0 spiro atoms. The van der Waals surface area contributed by atoms with Crippen LogP contribution in [0.1, 0.15) is 19.4 Å². The van der Waals surface area contributed by atoms with Gasteiger partial charge in [0, 0.05) is 4.47 Å². The van der Waals surface area contributed by atoms with Crippen LogP contribution in [-0.2, 0) is 0 Å². The number of hydrogen-bond donors (Lipinski definition) is 0. The summed E-state index contributed by atoms with van der Waals surface area (Å²) in [4.78, 5) is 0. The maximum Gasteiger partial charge on any atom is 0.166 e. The van der Waals surface area contributed by atoms with E-state index in [4.69, 9.17) is 4.74 Å². The summed E-state index contributed by atoms with van der Waals surface area (Å²) in [6, 6.07) is 3.12. The molecule has 0 bridgehead atoms. The topological polar surface area (TPSA) is 9.23 Å². The molecule has 0 radical (unpaired) electrons. The molecule has 0 aliphatic carbocycles. The number of hydrogen-bond acceptors (Lipinski definition) is 1. The van der Waals surface area contributed by atoms with Gasteiger partial charge in [-0.3, -0.25) is 0 Å². The first-order valence-corrected chi connectivity index (χ1v) is 4.92. The van der Waals surface area contributed by atoms with Crippen LogP contribution in [0.15, 0.2) is 16.6 Å². The van der Waals surface area contributed by atoms with Crippen LogP contribution in [0.2, 0.25) is 0 Å². The van der Waals surface area contributed by atoms with E-state index in [9.17, 15) is 4.39 Å². The minimum absolute atomic E-state index is 0.00456. The Kier molecular flexibility index (Phi) is 3.31. The van der Waals surface area contributed by atoms with Gasteiger partial charge in [0.25, 0.3) is 0 Å². The van der Waals surface area contributed by atoms with Crippen molar-refractivity contribution in [2.75, 3.05) is 0 Å². The molecule has 13 heavy (non-hydrogen) atoms. The van der Waals surface area contributed by atoms with Crippen molar-refractivity contribution >= 4 is 15.9 Å². The highest BCUT2D eigenvalue weighted by Gasteiger charge is 2.07. The van der Waals surface area contributed by atoms with E-state index in [2.05, 4.69) is 15.9 Å². The molecule has 1 rings (SSSR count). The molecule has 0 aromatic heterocycles. The molecule has 0 unspecified atom stereocenters. The molecule has 0 aliphatic rings. The molecule has 0 fully saturated rings. The maximum absolute atomic E-state index is 13.2. The Hall–Kier alpha value is -0.570. The highest BCUT2D eigenvalue weighted by atomic mass is 79.9. The zero-order valence-electron chi connectivity index (χ0n) is 7.90. The first kappa shape index (κ1) is 10.5. The highest BCUT2D eigenvalue weighted by Crippen LogP contribution is 2.26. The molecule has 1 aromatic carbocycles. The summed E-state index contributed by atoms with van der Waals surface area (Å²) < 4.78 is 19.3. The third-order valence-electron chi connectivity index (χ3n) is 1.58. The van der Waals surface area contributed by atoms with Crippen molar-refractivity contribution in [3.8, 4) is 5.75 Å². The van der Waals surface area contributed by atoms with E-state index >= 15 is 0 Å². The van der Waals surface area contributed by atoms with E-state index in [0.717, 1.165) is 10.0 Å². The van der Waals surface area contributed by atoms with Gasteiger partial charge < -0.3 is 4.74 Å². The average Bonchev–Trinajstić information content (AvgIpc) is 1.99. The quantitative estimate of drug-likeness (QED) is 0.774. The summed E-state index contributed by atoms with van der Waals surface area (Å²) in [6.45, 7) is 5.64. The third kappa shape index (κ3) is 2.69. The van der Waals surface area contributed by atoms with Crippen LogP contribution in [0.5, 0.6) is 5.75 Å². The van der Waals surface area contributed by atoms with E-state index in [-0.39, 0.29) is 11.9 Å². The van der Waals surface area contributed by atoms with Gasteiger partial charge in [-0.2, -0.15) is 0 Å². The molecule has 0 heterocycles. The van der Waals surface area contributed by atoms with Crippen molar-refractivity contribution in [1.82, 2.24) is 0 Å². The van der Waals surface area contributed by atoms with Crippen LogP contribution in [0.25, 0.3) is 0 Å². The molecular formula is C10H12BrFO. The van der Waals surface area contributed by atoms with Gasteiger partial charge in [0.2, 0.25) is 0 Å². The molecular weight excluding hydrogens is 235 g/mol. The van der Waals surface area contributed by atoms with Crippen molar-refractivity contribution in [3.05, 3.63) is 28.0 Å². The first-order valence-electron chi connectivity index (χ1n) is 4.13. The van der Waals surface area contributed by atoms with Crippen LogP contribution >= 0.6 is 15.9 Å². The van der Waals surface area contributed by atoms with Crippen LogP contribution < -0.4 is 4.74 Å².